The van der Waals surface area contributed by atoms with E-state index < -0.39 is 5.82 Å². The molecule has 0 unspecified atom stereocenters. The van der Waals surface area contributed by atoms with E-state index in [0.29, 0.717) is 12.1 Å². The van der Waals surface area contributed by atoms with Crippen LogP contribution < -0.4 is 11.1 Å². The third-order valence-electron chi connectivity index (χ3n) is 2.79. The number of amides is 1. The van der Waals surface area contributed by atoms with Gasteiger partial charge in [-0.05, 0) is 18.6 Å². The maximum Gasteiger partial charge on any atom is 0.224 e. The van der Waals surface area contributed by atoms with Gasteiger partial charge in [0.1, 0.15) is 10.8 Å². The monoisotopic (exact) mass is 282 g/mol. The number of halogens is 1. The van der Waals surface area contributed by atoms with E-state index in [0.717, 1.165) is 25.7 Å². The molecular weight excluding hydrogens is 263 g/mol. The van der Waals surface area contributed by atoms with Crippen LogP contribution in [-0.4, -0.2) is 10.9 Å². The Bertz CT molecular complexity index is 463. The van der Waals surface area contributed by atoms with Crippen molar-refractivity contribution >= 4 is 28.8 Å². The van der Waals surface area contributed by atoms with Gasteiger partial charge in [0.15, 0.2) is 0 Å². The number of carbonyl (C=O) groups excluding carboxylic acids is 1. The largest absolute Gasteiger partial charge is 0.389 e. The lowest BCUT2D eigenvalue weighted by molar-refractivity contribution is -0.116. The van der Waals surface area contributed by atoms with Gasteiger partial charge in [-0.2, -0.15) is 0 Å². The predicted molar refractivity (Wildman–Crippen MR) is 79.7 cm³/mol. The molecule has 5 heteroatoms. The molecule has 3 N–H and O–H groups in total. The lowest BCUT2D eigenvalue weighted by atomic mass is 10.1. The Kier molecular flexibility index (Phi) is 6.42. The van der Waals surface area contributed by atoms with Crippen molar-refractivity contribution in [2.24, 2.45) is 5.73 Å². The van der Waals surface area contributed by atoms with Crippen molar-refractivity contribution in [2.45, 2.75) is 39.0 Å². The first-order valence-corrected chi connectivity index (χ1v) is 6.85. The van der Waals surface area contributed by atoms with Gasteiger partial charge in [0.2, 0.25) is 5.91 Å². The molecule has 1 amide bonds. The van der Waals surface area contributed by atoms with Crippen LogP contribution in [0.1, 0.15) is 44.6 Å². The van der Waals surface area contributed by atoms with Crippen LogP contribution in [0.2, 0.25) is 0 Å². The van der Waals surface area contributed by atoms with Crippen LogP contribution in [0.15, 0.2) is 18.2 Å². The molecule has 0 spiro atoms. The van der Waals surface area contributed by atoms with Crippen molar-refractivity contribution in [3.05, 3.63) is 29.6 Å². The summed E-state index contributed by atoms with van der Waals surface area (Å²) in [6.45, 7) is 2.11. The third-order valence-corrected chi connectivity index (χ3v) is 3.00. The first kappa shape index (κ1) is 15.6. The van der Waals surface area contributed by atoms with Crippen molar-refractivity contribution in [3.63, 3.8) is 0 Å². The van der Waals surface area contributed by atoms with Gasteiger partial charge in [-0.1, -0.05) is 44.5 Å². The topological polar surface area (TPSA) is 55.1 Å². The van der Waals surface area contributed by atoms with Crippen LogP contribution in [0.25, 0.3) is 0 Å². The highest BCUT2D eigenvalue weighted by molar-refractivity contribution is 7.80. The van der Waals surface area contributed by atoms with Crippen LogP contribution in [0.3, 0.4) is 0 Å². The van der Waals surface area contributed by atoms with E-state index in [4.69, 9.17) is 18.0 Å². The summed E-state index contributed by atoms with van der Waals surface area (Å²) in [5.41, 5.74) is 5.91. The zero-order chi connectivity index (χ0) is 14.3. The summed E-state index contributed by atoms with van der Waals surface area (Å²) in [4.78, 5) is 11.7. The number of anilines is 1. The maximum absolute atomic E-state index is 13.6. The Labute approximate surface area is 118 Å². The normalized spacial score (nSPS) is 10.2. The quantitative estimate of drug-likeness (QED) is 0.595. The molecule has 0 fully saturated rings. The Morgan fingerprint density at radius 3 is 2.74 bits per heavy atom. The number of carbonyl (C=O) groups is 1. The molecule has 0 radical (unpaired) electrons. The van der Waals surface area contributed by atoms with Gasteiger partial charge in [-0.15, -0.1) is 0 Å². The Morgan fingerprint density at radius 1 is 1.37 bits per heavy atom. The zero-order valence-electron chi connectivity index (χ0n) is 11.0. The predicted octanol–water partition coefficient (Wildman–Crippen LogP) is 3.37. The highest BCUT2D eigenvalue weighted by Crippen LogP contribution is 2.19. The average molecular weight is 282 g/mol. The minimum Gasteiger partial charge on any atom is -0.389 e. The fraction of sp³-hybridized carbons (Fsp3) is 0.429. The van der Waals surface area contributed by atoms with Crippen molar-refractivity contribution in [1.29, 1.82) is 0 Å². The van der Waals surface area contributed by atoms with Gasteiger partial charge in [0.25, 0.3) is 0 Å². The Hall–Kier alpha value is -1.49. The van der Waals surface area contributed by atoms with Crippen molar-refractivity contribution in [3.8, 4) is 0 Å². The van der Waals surface area contributed by atoms with E-state index in [9.17, 15) is 9.18 Å². The molecule has 0 aliphatic rings. The summed E-state index contributed by atoms with van der Waals surface area (Å²) in [5.74, 6) is -0.657. The van der Waals surface area contributed by atoms with Gasteiger partial charge in [0.05, 0.1) is 11.3 Å². The molecule has 1 aromatic carbocycles. The average Bonchev–Trinajstić information content (AvgIpc) is 2.34. The fourth-order valence-corrected chi connectivity index (χ4v) is 2.01. The fourth-order valence-electron chi connectivity index (χ4n) is 1.80. The molecule has 104 valence electrons. The minimum absolute atomic E-state index is 0.0561. The number of unbranched alkanes of at least 4 members (excludes halogenated alkanes) is 3. The van der Waals surface area contributed by atoms with Gasteiger partial charge in [-0.25, -0.2) is 4.39 Å². The van der Waals surface area contributed by atoms with Gasteiger partial charge in [0, 0.05) is 6.42 Å². The number of benzene rings is 1. The van der Waals surface area contributed by atoms with E-state index in [1.807, 2.05) is 0 Å². The van der Waals surface area contributed by atoms with Crippen molar-refractivity contribution in [2.75, 3.05) is 5.32 Å². The lowest BCUT2D eigenvalue weighted by Gasteiger charge is -2.10. The summed E-state index contributed by atoms with van der Waals surface area (Å²) < 4.78 is 13.6. The van der Waals surface area contributed by atoms with Gasteiger partial charge >= 0.3 is 0 Å². The number of hydrogen-bond donors (Lipinski definition) is 2. The van der Waals surface area contributed by atoms with E-state index in [1.54, 1.807) is 6.07 Å². The second kappa shape index (κ2) is 7.84. The highest BCUT2D eigenvalue weighted by atomic mass is 32.1. The lowest BCUT2D eigenvalue weighted by Crippen LogP contribution is -2.18. The summed E-state index contributed by atoms with van der Waals surface area (Å²) in [6, 6.07) is 4.39. The first-order chi connectivity index (χ1) is 9.06. The first-order valence-electron chi connectivity index (χ1n) is 6.44. The number of hydrogen-bond acceptors (Lipinski definition) is 2. The van der Waals surface area contributed by atoms with Crippen molar-refractivity contribution in [1.82, 2.24) is 0 Å². The van der Waals surface area contributed by atoms with Crippen LogP contribution in [0.4, 0.5) is 10.1 Å². The van der Waals surface area contributed by atoms with E-state index in [2.05, 4.69) is 12.2 Å². The smallest absolute Gasteiger partial charge is 0.224 e. The van der Waals surface area contributed by atoms with Crippen LogP contribution in [0, 0.1) is 5.82 Å². The second-order valence-corrected chi connectivity index (χ2v) is 4.83. The maximum atomic E-state index is 13.6. The van der Waals surface area contributed by atoms with Crippen molar-refractivity contribution < 1.29 is 9.18 Å². The van der Waals surface area contributed by atoms with Crippen LogP contribution in [-0.2, 0) is 4.79 Å². The van der Waals surface area contributed by atoms with E-state index in [-0.39, 0.29) is 16.5 Å². The number of thiocarbonyl (C=S) groups is 1. The molecule has 0 saturated carbocycles. The third kappa shape index (κ3) is 4.95. The second-order valence-electron chi connectivity index (χ2n) is 4.39. The minimum atomic E-state index is -0.517. The molecule has 0 heterocycles. The molecule has 3 nitrogen and oxygen atoms in total. The molecule has 0 aliphatic heterocycles. The van der Waals surface area contributed by atoms with Gasteiger partial charge in [-0.3, -0.25) is 4.79 Å². The molecule has 19 heavy (non-hydrogen) atoms. The summed E-state index contributed by atoms with van der Waals surface area (Å²) in [6.07, 6.45) is 4.52. The molecule has 0 bridgehead atoms. The molecule has 0 atom stereocenters. The Balaban J connectivity index is 2.64. The van der Waals surface area contributed by atoms with E-state index >= 15 is 0 Å². The molecule has 1 aromatic rings. The van der Waals surface area contributed by atoms with Crippen LogP contribution in [0.5, 0.6) is 0 Å². The summed E-state index contributed by atoms with van der Waals surface area (Å²) in [5, 5.41) is 2.66. The number of nitrogens with one attached hydrogen (secondary N) is 1. The summed E-state index contributed by atoms with van der Waals surface area (Å²) >= 11 is 4.80. The highest BCUT2D eigenvalue weighted by Gasteiger charge is 2.12. The SMILES string of the molecule is CCCCCCC(=O)Nc1cccc(F)c1C(N)=S. The number of nitrogens with two attached hydrogens (primary N) is 1. The Morgan fingerprint density at radius 2 is 2.11 bits per heavy atom. The zero-order valence-corrected chi connectivity index (χ0v) is 11.9. The van der Waals surface area contributed by atoms with E-state index in [1.165, 1.54) is 12.1 Å². The standard InChI is InChI=1S/C14H19FN2OS/c1-2-3-4-5-9-12(18)17-11-8-6-7-10(15)13(11)14(16)19/h6-8H,2-5,9H2,1H3,(H2,16,19)(H,17,18). The van der Waals surface area contributed by atoms with Gasteiger partial charge < -0.3 is 11.1 Å². The molecule has 0 aromatic heterocycles. The molecule has 0 aliphatic carbocycles. The molecular formula is C14H19FN2OS. The summed E-state index contributed by atoms with van der Waals surface area (Å²) in [7, 11) is 0. The van der Waals surface area contributed by atoms with Crippen LogP contribution >= 0.6 is 12.2 Å². The number of rotatable bonds is 7. The molecule has 0 saturated heterocycles. The molecule has 1 rings (SSSR count).